The second-order valence-electron chi connectivity index (χ2n) is 6.97. The van der Waals surface area contributed by atoms with Crippen molar-refractivity contribution >= 4 is 11.8 Å². The maximum Gasteiger partial charge on any atom is 0.256 e. The number of benzene rings is 2. The van der Waals surface area contributed by atoms with Crippen LogP contribution in [0.25, 0.3) is 0 Å². The van der Waals surface area contributed by atoms with Crippen LogP contribution in [-0.2, 0) is 11.3 Å². The molecule has 2 aromatic carbocycles. The van der Waals surface area contributed by atoms with Crippen LogP contribution in [0.3, 0.4) is 0 Å². The smallest absolute Gasteiger partial charge is 0.256 e. The number of rotatable bonds is 5. The number of nitrogens with zero attached hydrogens (tertiary/aromatic N) is 2. The first-order valence-corrected chi connectivity index (χ1v) is 8.96. The Kier molecular flexibility index (Phi) is 5.84. The van der Waals surface area contributed by atoms with Crippen LogP contribution in [0.4, 0.5) is 8.78 Å². The van der Waals surface area contributed by atoms with Crippen molar-refractivity contribution in [3.8, 4) is 0 Å². The summed E-state index contributed by atoms with van der Waals surface area (Å²) in [4.78, 5) is 28.1. The maximum absolute atomic E-state index is 13.8. The molecule has 0 bridgehead atoms. The molecule has 0 aliphatic carbocycles. The monoisotopic (exact) mass is 372 g/mol. The minimum atomic E-state index is -0.733. The Bertz CT molecular complexity index is 826. The van der Waals surface area contributed by atoms with Crippen molar-refractivity contribution in [2.24, 2.45) is 5.92 Å². The van der Waals surface area contributed by atoms with Gasteiger partial charge in [0.05, 0.1) is 5.56 Å². The van der Waals surface area contributed by atoms with E-state index in [1.807, 2.05) is 30.3 Å². The number of amides is 2. The minimum absolute atomic E-state index is 0.00934. The molecular formula is C21H22F2N2O2. The summed E-state index contributed by atoms with van der Waals surface area (Å²) < 4.78 is 27.1. The number of hydrogen-bond acceptors (Lipinski definition) is 2. The fourth-order valence-electron chi connectivity index (χ4n) is 3.36. The highest BCUT2D eigenvalue weighted by Crippen LogP contribution is 2.23. The fourth-order valence-corrected chi connectivity index (χ4v) is 3.36. The summed E-state index contributed by atoms with van der Waals surface area (Å²) in [5, 5.41) is 0. The van der Waals surface area contributed by atoms with Gasteiger partial charge in [-0.05, 0) is 36.1 Å². The molecule has 27 heavy (non-hydrogen) atoms. The van der Waals surface area contributed by atoms with Gasteiger partial charge in [0, 0.05) is 33.1 Å². The number of likely N-dealkylation sites (tertiary alicyclic amines) is 1. The lowest BCUT2D eigenvalue weighted by Crippen LogP contribution is -2.31. The lowest BCUT2D eigenvalue weighted by atomic mass is 10.0. The van der Waals surface area contributed by atoms with Crippen LogP contribution < -0.4 is 0 Å². The van der Waals surface area contributed by atoms with Gasteiger partial charge in [-0.1, -0.05) is 30.3 Å². The van der Waals surface area contributed by atoms with Gasteiger partial charge in [-0.3, -0.25) is 9.59 Å². The summed E-state index contributed by atoms with van der Waals surface area (Å²) in [7, 11) is 1.76. The summed E-state index contributed by atoms with van der Waals surface area (Å²) in [5.41, 5.74) is 0.793. The van der Waals surface area contributed by atoms with Crippen molar-refractivity contribution in [3.05, 3.63) is 71.3 Å². The van der Waals surface area contributed by atoms with E-state index in [9.17, 15) is 18.4 Å². The van der Waals surface area contributed by atoms with Crippen LogP contribution in [0.15, 0.2) is 48.5 Å². The Labute approximate surface area is 157 Å². The molecule has 0 N–H and O–H groups in total. The molecule has 1 saturated heterocycles. The molecule has 1 atom stereocenters. The van der Waals surface area contributed by atoms with Gasteiger partial charge in [0.1, 0.15) is 11.6 Å². The topological polar surface area (TPSA) is 40.6 Å². The van der Waals surface area contributed by atoms with Crippen molar-refractivity contribution < 1.29 is 18.4 Å². The molecular weight excluding hydrogens is 350 g/mol. The third-order valence-corrected chi connectivity index (χ3v) is 4.88. The Balaban J connectivity index is 1.55. The van der Waals surface area contributed by atoms with Crippen molar-refractivity contribution in [3.63, 3.8) is 0 Å². The second-order valence-corrected chi connectivity index (χ2v) is 6.97. The van der Waals surface area contributed by atoms with Crippen molar-refractivity contribution in [2.75, 3.05) is 20.1 Å². The number of halogens is 2. The normalized spacial score (nSPS) is 16.4. The van der Waals surface area contributed by atoms with Crippen LogP contribution in [0.2, 0.25) is 0 Å². The molecule has 2 amide bonds. The van der Waals surface area contributed by atoms with Gasteiger partial charge in [0.25, 0.3) is 5.91 Å². The lowest BCUT2D eigenvalue weighted by Gasteiger charge is -2.20. The highest BCUT2D eigenvalue weighted by molar-refractivity contribution is 5.94. The molecule has 1 fully saturated rings. The first-order valence-electron chi connectivity index (χ1n) is 8.96. The number of hydrogen-bond donors (Lipinski definition) is 0. The lowest BCUT2D eigenvalue weighted by molar-refractivity contribution is -0.131. The van der Waals surface area contributed by atoms with Crippen molar-refractivity contribution in [1.82, 2.24) is 9.80 Å². The third-order valence-electron chi connectivity index (χ3n) is 4.88. The van der Waals surface area contributed by atoms with E-state index in [2.05, 4.69) is 0 Å². The van der Waals surface area contributed by atoms with E-state index in [-0.39, 0.29) is 17.4 Å². The first kappa shape index (κ1) is 19.0. The van der Waals surface area contributed by atoms with Crippen molar-refractivity contribution in [2.45, 2.75) is 19.4 Å². The van der Waals surface area contributed by atoms with E-state index in [1.165, 1.54) is 4.90 Å². The molecule has 142 valence electrons. The van der Waals surface area contributed by atoms with Gasteiger partial charge < -0.3 is 9.80 Å². The Morgan fingerprint density at radius 1 is 1.15 bits per heavy atom. The molecule has 1 aliphatic rings. The summed E-state index contributed by atoms with van der Waals surface area (Å²) >= 11 is 0. The molecule has 3 rings (SSSR count). The predicted molar refractivity (Wildman–Crippen MR) is 97.9 cm³/mol. The molecule has 0 aromatic heterocycles. The first-order chi connectivity index (χ1) is 12.9. The fraction of sp³-hybridized carbons (Fsp3) is 0.333. The van der Waals surface area contributed by atoms with E-state index < -0.39 is 17.5 Å². The van der Waals surface area contributed by atoms with Crippen LogP contribution in [-0.4, -0.2) is 41.8 Å². The SMILES string of the molecule is CN(Cc1ccccc1)C(=O)CC1CCN(C(=O)c2cc(F)ccc2F)C1. The van der Waals surface area contributed by atoms with E-state index in [1.54, 1.807) is 11.9 Å². The summed E-state index contributed by atoms with van der Waals surface area (Å²) in [6.07, 6.45) is 1.01. The van der Waals surface area contributed by atoms with Crippen LogP contribution >= 0.6 is 0 Å². The molecule has 0 saturated carbocycles. The van der Waals surface area contributed by atoms with Crippen molar-refractivity contribution in [1.29, 1.82) is 0 Å². The molecule has 6 heteroatoms. The average molecular weight is 372 g/mol. The molecule has 1 aliphatic heterocycles. The summed E-state index contributed by atoms with van der Waals surface area (Å²) in [6.45, 7) is 1.35. The largest absolute Gasteiger partial charge is 0.341 e. The zero-order chi connectivity index (χ0) is 19.4. The Hall–Kier alpha value is -2.76. The molecule has 0 spiro atoms. The molecule has 1 heterocycles. The zero-order valence-electron chi connectivity index (χ0n) is 15.2. The van der Waals surface area contributed by atoms with Gasteiger partial charge in [-0.25, -0.2) is 8.78 Å². The number of carbonyl (C=O) groups excluding carboxylic acids is 2. The van der Waals surface area contributed by atoms with Gasteiger partial charge in [0.15, 0.2) is 0 Å². The quantitative estimate of drug-likeness (QED) is 0.806. The van der Waals surface area contributed by atoms with E-state index in [0.29, 0.717) is 32.5 Å². The van der Waals surface area contributed by atoms with Crippen LogP contribution in [0.1, 0.15) is 28.8 Å². The van der Waals surface area contributed by atoms with E-state index in [4.69, 9.17) is 0 Å². The molecule has 4 nitrogen and oxygen atoms in total. The molecule has 0 radical (unpaired) electrons. The predicted octanol–water partition coefficient (Wildman–Crippen LogP) is 3.48. The Morgan fingerprint density at radius 3 is 2.63 bits per heavy atom. The minimum Gasteiger partial charge on any atom is -0.341 e. The zero-order valence-corrected chi connectivity index (χ0v) is 15.2. The third kappa shape index (κ3) is 4.70. The summed E-state index contributed by atoms with van der Waals surface area (Å²) in [5.74, 6) is -1.87. The highest BCUT2D eigenvalue weighted by atomic mass is 19.1. The molecule has 2 aromatic rings. The summed E-state index contributed by atoms with van der Waals surface area (Å²) in [6, 6.07) is 12.6. The van der Waals surface area contributed by atoms with Crippen LogP contribution in [0, 0.1) is 17.6 Å². The van der Waals surface area contributed by atoms with Crippen LogP contribution in [0.5, 0.6) is 0 Å². The van der Waals surface area contributed by atoms with Gasteiger partial charge >= 0.3 is 0 Å². The number of carbonyl (C=O) groups is 2. The van der Waals surface area contributed by atoms with Gasteiger partial charge in [0.2, 0.25) is 5.91 Å². The maximum atomic E-state index is 13.8. The molecule has 1 unspecified atom stereocenters. The Morgan fingerprint density at radius 2 is 1.89 bits per heavy atom. The van der Waals surface area contributed by atoms with Gasteiger partial charge in [-0.15, -0.1) is 0 Å². The van der Waals surface area contributed by atoms with E-state index >= 15 is 0 Å². The standard InChI is InChI=1S/C21H22F2N2O2/c1-24(13-15-5-3-2-4-6-15)20(26)11-16-9-10-25(14-16)21(27)18-12-17(22)7-8-19(18)23/h2-8,12,16H,9-11,13-14H2,1H3. The highest BCUT2D eigenvalue weighted by Gasteiger charge is 2.30. The average Bonchev–Trinajstić information content (AvgIpc) is 3.12. The second kappa shape index (κ2) is 8.29. The van der Waals surface area contributed by atoms with Gasteiger partial charge in [-0.2, -0.15) is 0 Å². The van der Waals surface area contributed by atoms with E-state index in [0.717, 1.165) is 23.8 Å².